The Morgan fingerprint density at radius 3 is 1.90 bits per heavy atom. The molecule has 0 aromatic carbocycles. The molecule has 0 bridgehead atoms. The maximum absolute atomic E-state index is 9.00. The van der Waals surface area contributed by atoms with E-state index in [2.05, 4.69) is 5.32 Å². The van der Waals surface area contributed by atoms with E-state index < -0.39 is 24.5 Å². The fraction of sp³-hybridized carbons (Fsp3) is 1.00. The van der Waals surface area contributed by atoms with Gasteiger partial charge in [0.15, 0.2) is 0 Å². The maximum atomic E-state index is 9.00. The Morgan fingerprint density at radius 2 is 1.70 bits per heavy atom. The number of hydrogen-bond donors (Lipinski definition) is 5. The molecule has 0 amide bonds. The van der Waals surface area contributed by atoms with Crippen molar-refractivity contribution in [3.8, 4) is 0 Å². The van der Waals surface area contributed by atoms with E-state index in [9.17, 15) is 0 Å². The molecule has 0 aromatic rings. The van der Waals surface area contributed by atoms with Crippen molar-refractivity contribution < 1.29 is 20.4 Å². The van der Waals surface area contributed by atoms with Crippen LogP contribution in [0, 0.1) is 0 Å². The molecule has 1 fully saturated rings. The highest BCUT2D eigenvalue weighted by Crippen LogP contribution is 2.11. The van der Waals surface area contributed by atoms with Crippen LogP contribution in [0.2, 0.25) is 0 Å². The van der Waals surface area contributed by atoms with Crippen molar-refractivity contribution in [1.82, 2.24) is 5.32 Å². The molecule has 1 rings (SSSR count). The first-order valence-corrected chi connectivity index (χ1v) is 3.08. The maximum Gasteiger partial charge on any atom is 0.134 e. The van der Waals surface area contributed by atoms with Gasteiger partial charge in [-0.1, -0.05) is 0 Å². The zero-order chi connectivity index (χ0) is 7.72. The summed E-state index contributed by atoms with van der Waals surface area (Å²) in [6.07, 6.45) is -3.41. The topological polar surface area (TPSA) is 93.0 Å². The van der Waals surface area contributed by atoms with Crippen LogP contribution in [0.15, 0.2) is 0 Å². The molecule has 5 heteroatoms. The molecule has 5 nitrogen and oxygen atoms in total. The van der Waals surface area contributed by atoms with E-state index in [1.165, 1.54) is 0 Å². The molecule has 1 aliphatic rings. The van der Waals surface area contributed by atoms with Gasteiger partial charge in [0.2, 0.25) is 0 Å². The molecule has 0 spiro atoms. The second-order valence-corrected chi connectivity index (χ2v) is 2.38. The standard InChI is InChI=1S/C5H11NO4/c7-1-2-3(8)4(9)5(10)6-2/h2-10H,1H2/t2-,3+,4-,5?/m0/s1. The van der Waals surface area contributed by atoms with Crippen LogP contribution in [-0.2, 0) is 0 Å². The third-order valence-corrected chi connectivity index (χ3v) is 1.67. The van der Waals surface area contributed by atoms with Gasteiger partial charge < -0.3 is 20.4 Å². The first-order chi connectivity index (χ1) is 4.66. The molecule has 4 atom stereocenters. The molecular weight excluding hydrogens is 138 g/mol. The van der Waals surface area contributed by atoms with Crippen molar-refractivity contribution in [1.29, 1.82) is 0 Å². The van der Waals surface area contributed by atoms with Crippen LogP contribution < -0.4 is 5.32 Å². The van der Waals surface area contributed by atoms with Gasteiger partial charge in [-0.15, -0.1) is 0 Å². The van der Waals surface area contributed by atoms with E-state index in [1.807, 2.05) is 0 Å². The van der Waals surface area contributed by atoms with E-state index in [1.54, 1.807) is 0 Å². The van der Waals surface area contributed by atoms with E-state index in [-0.39, 0.29) is 6.61 Å². The summed E-state index contributed by atoms with van der Waals surface area (Å²) < 4.78 is 0. The highest BCUT2D eigenvalue weighted by atomic mass is 16.4. The lowest BCUT2D eigenvalue weighted by atomic mass is 10.1. The van der Waals surface area contributed by atoms with Crippen LogP contribution in [0.4, 0.5) is 0 Å². The number of nitrogens with one attached hydrogen (secondary N) is 1. The number of aliphatic hydroxyl groups is 4. The fourth-order valence-corrected chi connectivity index (χ4v) is 1.00. The first kappa shape index (κ1) is 7.90. The fourth-order valence-electron chi connectivity index (χ4n) is 1.00. The second-order valence-electron chi connectivity index (χ2n) is 2.38. The van der Waals surface area contributed by atoms with Crippen molar-refractivity contribution in [3.05, 3.63) is 0 Å². The molecule has 0 saturated carbocycles. The molecule has 0 aromatic heterocycles. The van der Waals surface area contributed by atoms with Gasteiger partial charge in [-0.25, -0.2) is 0 Å². The summed E-state index contributed by atoms with van der Waals surface area (Å²) >= 11 is 0. The molecule has 10 heavy (non-hydrogen) atoms. The van der Waals surface area contributed by atoms with E-state index in [0.29, 0.717) is 0 Å². The molecule has 1 heterocycles. The lowest BCUT2D eigenvalue weighted by molar-refractivity contribution is -0.0256. The third kappa shape index (κ3) is 1.14. The summed E-state index contributed by atoms with van der Waals surface area (Å²) in [6.45, 7) is -0.296. The zero-order valence-electron chi connectivity index (χ0n) is 5.31. The van der Waals surface area contributed by atoms with E-state index in [4.69, 9.17) is 20.4 Å². The molecule has 1 saturated heterocycles. The normalized spacial score (nSPS) is 48.0. The monoisotopic (exact) mass is 149 g/mol. The van der Waals surface area contributed by atoms with Gasteiger partial charge >= 0.3 is 0 Å². The Kier molecular flexibility index (Phi) is 2.22. The van der Waals surface area contributed by atoms with Gasteiger partial charge in [-0.05, 0) is 0 Å². The van der Waals surface area contributed by atoms with Gasteiger partial charge in [0.1, 0.15) is 18.4 Å². The average Bonchev–Trinajstić information content (AvgIpc) is 2.17. The second kappa shape index (κ2) is 2.81. The van der Waals surface area contributed by atoms with Crippen molar-refractivity contribution >= 4 is 0 Å². The summed E-state index contributed by atoms with van der Waals surface area (Å²) in [5.74, 6) is 0. The Labute approximate surface area is 57.9 Å². The molecule has 0 radical (unpaired) electrons. The first-order valence-electron chi connectivity index (χ1n) is 3.08. The average molecular weight is 149 g/mol. The lowest BCUT2D eigenvalue weighted by Crippen LogP contribution is -2.36. The predicted octanol–water partition coefficient (Wildman–Crippen LogP) is -3.01. The molecule has 60 valence electrons. The van der Waals surface area contributed by atoms with Crippen molar-refractivity contribution in [2.24, 2.45) is 0 Å². The smallest absolute Gasteiger partial charge is 0.134 e. The Morgan fingerprint density at radius 1 is 1.10 bits per heavy atom. The molecule has 5 N–H and O–H groups in total. The molecule has 1 aliphatic heterocycles. The van der Waals surface area contributed by atoms with Crippen molar-refractivity contribution in [2.45, 2.75) is 24.5 Å². The van der Waals surface area contributed by atoms with Crippen LogP contribution in [0.1, 0.15) is 0 Å². The minimum atomic E-state index is -1.20. The van der Waals surface area contributed by atoms with Gasteiger partial charge in [0.05, 0.1) is 12.6 Å². The quantitative estimate of drug-likeness (QED) is 0.274. The summed E-state index contributed by atoms with van der Waals surface area (Å²) in [5.41, 5.74) is 0. The SMILES string of the molecule is OC[C@@H]1NC(O)[C@@H](O)[C@@H]1O. The third-order valence-electron chi connectivity index (χ3n) is 1.67. The lowest BCUT2D eigenvalue weighted by Gasteiger charge is -2.11. The summed E-state index contributed by atoms with van der Waals surface area (Å²) in [7, 11) is 0. The van der Waals surface area contributed by atoms with Crippen molar-refractivity contribution in [2.75, 3.05) is 6.61 Å². The summed E-state index contributed by atoms with van der Waals surface area (Å²) in [5, 5.41) is 37.7. The van der Waals surface area contributed by atoms with Gasteiger partial charge in [-0.2, -0.15) is 0 Å². The number of hydrogen-bond acceptors (Lipinski definition) is 5. The largest absolute Gasteiger partial charge is 0.395 e. The molecule has 0 aliphatic carbocycles. The van der Waals surface area contributed by atoms with Crippen LogP contribution >= 0.6 is 0 Å². The minimum absolute atomic E-state index is 0.296. The van der Waals surface area contributed by atoms with Gasteiger partial charge in [0.25, 0.3) is 0 Å². The van der Waals surface area contributed by atoms with Crippen LogP contribution in [-0.4, -0.2) is 51.5 Å². The van der Waals surface area contributed by atoms with Crippen LogP contribution in [0.5, 0.6) is 0 Å². The highest BCUT2D eigenvalue weighted by Gasteiger charge is 2.39. The van der Waals surface area contributed by atoms with Crippen molar-refractivity contribution in [3.63, 3.8) is 0 Å². The van der Waals surface area contributed by atoms with Crippen LogP contribution in [0.25, 0.3) is 0 Å². The number of aliphatic hydroxyl groups excluding tert-OH is 4. The molecule has 1 unspecified atom stereocenters. The summed E-state index contributed by atoms with van der Waals surface area (Å²) in [6, 6.07) is -0.620. The van der Waals surface area contributed by atoms with Gasteiger partial charge in [0, 0.05) is 0 Å². The Hall–Kier alpha value is -0.200. The Balaban J connectivity index is 2.53. The number of rotatable bonds is 1. The van der Waals surface area contributed by atoms with E-state index in [0.717, 1.165) is 0 Å². The highest BCUT2D eigenvalue weighted by molar-refractivity contribution is 4.92. The van der Waals surface area contributed by atoms with Gasteiger partial charge in [-0.3, -0.25) is 5.32 Å². The minimum Gasteiger partial charge on any atom is -0.395 e. The summed E-state index contributed by atoms with van der Waals surface area (Å²) in [4.78, 5) is 0. The van der Waals surface area contributed by atoms with Crippen LogP contribution in [0.3, 0.4) is 0 Å². The zero-order valence-corrected chi connectivity index (χ0v) is 5.31. The predicted molar refractivity (Wildman–Crippen MR) is 32.0 cm³/mol. The molecular formula is C5H11NO4. The van der Waals surface area contributed by atoms with E-state index >= 15 is 0 Å². The Bertz CT molecular complexity index is 120.